The van der Waals surface area contributed by atoms with Crippen LogP contribution in [0.25, 0.3) is 11.0 Å². The number of ether oxygens (including phenoxy) is 2. The lowest BCUT2D eigenvalue weighted by Gasteiger charge is -2.30. The van der Waals surface area contributed by atoms with E-state index in [4.69, 9.17) is 14.5 Å². The third-order valence-electron chi connectivity index (χ3n) is 5.39. The summed E-state index contributed by atoms with van der Waals surface area (Å²) >= 11 is 0. The number of fused-ring (bicyclic) bond motifs is 3. The maximum absolute atomic E-state index is 12.8. The average Bonchev–Trinajstić information content (AvgIpc) is 3.16. The fourth-order valence-electron chi connectivity index (χ4n) is 4.03. The molecule has 2 heterocycles. The Balaban J connectivity index is 1.67. The normalized spacial score (nSPS) is 15.4. The van der Waals surface area contributed by atoms with Crippen LogP contribution in [0.5, 0.6) is 11.5 Å². The highest BCUT2D eigenvalue weighted by Crippen LogP contribution is 2.40. The number of methoxy groups -OCH3 is 1. The zero-order chi connectivity index (χ0) is 21.4. The molecule has 4 aromatic rings. The van der Waals surface area contributed by atoms with E-state index >= 15 is 0 Å². The van der Waals surface area contributed by atoms with Gasteiger partial charge in [0.25, 0.3) is 0 Å². The van der Waals surface area contributed by atoms with Crippen LogP contribution in [0.15, 0.2) is 90.1 Å². The summed E-state index contributed by atoms with van der Waals surface area (Å²) in [5, 5.41) is 3.27. The number of aromatic nitrogens is 2. The molecule has 0 fully saturated rings. The van der Waals surface area contributed by atoms with Crippen LogP contribution in [0, 0.1) is 0 Å². The number of para-hydroxylation sites is 3. The summed E-state index contributed by atoms with van der Waals surface area (Å²) in [6, 6.07) is 24.9. The topological polar surface area (TPSA) is 65.4 Å². The highest BCUT2D eigenvalue weighted by atomic mass is 16.5. The van der Waals surface area contributed by atoms with Crippen molar-refractivity contribution in [2.45, 2.75) is 13.0 Å². The number of benzene rings is 3. The van der Waals surface area contributed by atoms with Crippen molar-refractivity contribution in [1.82, 2.24) is 9.55 Å². The zero-order valence-corrected chi connectivity index (χ0v) is 17.2. The quantitative estimate of drug-likeness (QED) is 0.462. The van der Waals surface area contributed by atoms with Crippen LogP contribution in [0.4, 0.5) is 5.95 Å². The largest absolute Gasteiger partial charge is 0.466 e. The Morgan fingerprint density at radius 1 is 0.968 bits per heavy atom. The molecule has 154 valence electrons. The van der Waals surface area contributed by atoms with Gasteiger partial charge in [-0.05, 0) is 48.9 Å². The molecule has 0 saturated heterocycles. The summed E-state index contributed by atoms with van der Waals surface area (Å²) in [6.45, 7) is 1.87. The van der Waals surface area contributed by atoms with Crippen molar-refractivity contribution >= 4 is 23.0 Å². The molecule has 0 amide bonds. The van der Waals surface area contributed by atoms with Gasteiger partial charge in [0.2, 0.25) is 5.95 Å². The number of imidazole rings is 1. The van der Waals surface area contributed by atoms with E-state index in [9.17, 15) is 4.79 Å². The van der Waals surface area contributed by atoms with Crippen molar-refractivity contribution in [2.24, 2.45) is 0 Å². The molecule has 0 bridgehead atoms. The van der Waals surface area contributed by atoms with Gasteiger partial charge in [0.1, 0.15) is 11.5 Å². The Kier molecular flexibility index (Phi) is 4.67. The molecule has 0 spiro atoms. The van der Waals surface area contributed by atoms with Crippen LogP contribution in [-0.2, 0) is 9.53 Å². The molecule has 1 atom stereocenters. The smallest absolute Gasteiger partial charge is 0.337 e. The molecule has 0 saturated carbocycles. The summed E-state index contributed by atoms with van der Waals surface area (Å²) in [5.74, 6) is 1.74. The summed E-state index contributed by atoms with van der Waals surface area (Å²) in [4.78, 5) is 17.5. The fraction of sp³-hybridized carbons (Fsp3) is 0.120. The molecular weight excluding hydrogens is 390 g/mol. The lowest BCUT2D eigenvalue weighted by atomic mass is 9.95. The highest BCUT2D eigenvalue weighted by molar-refractivity contribution is 5.94. The van der Waals surface area contributed by atoms with Gasteiger partial charge in [-0.15, -0.1) is 0 Å². The van der Waals surface area contributed by atoms with Gasteiger partial charge < -0.3 is 14.8 Å². The number of anilines is 1. The van der Waals surface area contributed by atoms with Crippen molar-refractivity contribution < 1.29 is 14.3 Å². The van der Waals surface area contributed by atoms with Gasteiger partial charge in [-0.3, -0.25) is 4.57 Å². The SMILES string of the molecule is COC(=O)C1=C(C)Nc2nc3ccccc3n2[C@H]1c1cccc(Oc2ccccc2)c1. The Morgan fingerprint density at radius 2 is 1.71 bits per heavy atom. The van der Waals surface area contributed by atoms with Crippen LogP contribution < -0.4 is 10.1 Å². The van der Waals surface area contributed by atoms with E-state index in [-0.39, 0.29) is 5.97 Å². The number of hydrogen-bond donors (Lipinski definition) is 1. The molecule has 1 N–H and O–H groups in total. The minimum Gasteiger partial charge on any atom is -0.466 e. The maximum Gasteiger partial charge on any atom is 0.337 e. The van der Waals surface area contributed by atoms with Crippen LogP contribution in [0.1, 0.15) is 18.5 Å². The van der Waals surface area contributed by atoms with Crippen LogP contribution in [0.2, 0.25) is 0 Å². The minimum absolute atomic E-state index is 0.382. The molecule has 1 aliphatic heterocycles. The van der Waals surface area contributed by atoms with E-state index < -0.39 is 6.04 Å². The lowest BCUT2D eigenvalue weighted by molar-refractivity contribution is -0.136. The Morgan fingerprint density at radius 3 is 2.52 bits per heavy atom. The van der Waals surface area contributed by atoms with E-state index in [0.29, 0.717) is 23.0 Å². The predicted molar refractivity (Wildman–Crippen MR) is 119 cm³/mol. The van der Waals surface area contributed by atoms with E-state index in [1.807, 2.05) is 90.4 Å². The van der Waals surface area contributed by atoms with Crippen LogP contribution in [-0.4, -0.2) is 22.6 Å². The number of rotatable bonds is 4. The number of nitrogens with one attached hydrogen (secondary N) is 1. The Bertz CT molecular complexity index is 1310. The zero-order valence-electron chi connectivity index (χ0n) is 17.2. The number of carbonyl (C=O) groups is 1. The first-order valence-corrected chi connectivity index (χ1v) is 10.0. The third-order valence-corrected chi connectivity index (χ3v) is 5.39. The molecule has 5 rings (SSSR count). The molecule has 31 heavy (non-hydrogen) atoms. The van der Waals surface area contributed by atoms with Gasteiger partial charge in [0.15, 0.2) is 0 Å². The monoisotopic (exact) mass is 411 g/mol. The average molecular weight is 411 g/mol. The van der Waals surface area contributed by atoms with Crippen LogP contribution in [0.3, 0.4) is 0 Å². The second-order valence-corrected chi connectivity index (χ2v) is 7.34. The molecule has 3 aromatic carbocycles. The van der Waals surface area contributed by atoms with Gasteiger partial charge in [-0.1, -0.05) is 42.5 Å². The number of allylic oxidation sites excluding steroid dienone is 1. The van der Waals surface area contributed by atoms with Crippen molar-refractivity contribution in [1.29, 1.82) is 0 Å². The van der Waals surface area contributed by atoms with Gasteiger partial charge >= 0.3 is 5.97 Å². The Labute approximate surface area is 179 Å². The first kappa shape index (κ1) is 18.9. The highest BCUT2D eigenvalue weighted by Gasteiger charge is 2.34. The van der Waals surface area contributed by atoms with Crippen molar-refractivity contribution in [3.05, 3.63) is 95.7 Å². The predicted octanol–water partition coefficient (Wildman–Crippen LogP) is 5.29. The van der Waals surface area contributed by atoms with Crippen LogP contribution >= 0.6 is 0 Å². The summed E-state index contributed by atoms with van der Waals surface area (Å²) in [7, 11) is 1.40. The van der Waals surface area contributed by atoms with Crippen molar-refractivity contribution in [3.63, 3.8) is 0 Å². The van der Waals surface area contributed by atoms with Crippen molar-refractivity contribution in [3.8, 4) is 11.5 Å². The van der Waals surface area contributed by atoms with Gasteiger partial charge in [-0.25, -0.2) is 9.78 Å². The molecule has 0 aliphatic carbocycles. The third kappa shape index (κ3) is 3.32. The number of esters is 1. The molecule has 0 radical (unpaired) electrons. The molecule has 6 heteroatoms. The number of nitrogens with zero attached hydrogens (tertiary/aromatic N) is 2. The minimum atomic E-state index is -0.407. The van der Waals surface area contributed by atoms with E-state index in [2.05, 4.69) is 5.32 Å². The standard InChI is InChI=1S/C25H21N3O3/c1-16-22(24(29)30-2)23(28-21-14-7-6-13-20(21)27-25(28)26-16)17-9-8-12-19(15-17)31-18-10-4-3-5-11-18/h3-15,23H,1-2H3,(H,26,27)/t23-/m0/s1. The number of hydrogen-bond acceptors (Lipinski definition) is 5. The van der Waals surface area contributed by atoms with Gasteiger partial charge in [0.05, 0.1) is 29.8 Å². The molecular formula is C25H21N3O3. The lowest BCUT2D eigenvalue weighted by Crippen LogP contribution is -2.28. The van der Waals surface area contributed by atoms with E-state index in [1.165, 1.54) is 7.11 Å². The molecule has 1 aliphatic rings. The van der Waals surface area contributed by atoms with E-state index in [0.717, 1.165) is 22.3 Å². The van der Waals surface area contributed by atoms with Gasteiger partial charge in [-0.2, -0.15) is 0 Å². The summed E-state index contributed by atoms with van der Waals surface area (Å²) < 4.78 is 13.2. The van der Waals surface area contributed by atoms with E-state index in [1.54, 1.807) is 0 Å². The van der Waals surface area contributed by atoms with Crippen molar-refractivity contribution in [2.75, 3.05) is 12.4 Å². The number of carbonyl (C=O) groups excluding carboxylic acids is 1. The summed E-state index contributed by atoms with van der Waals surface area (Å²) in [5.41, 5.74) is 3.94. The fourth-order valence-corrected chi connectivity index (χ4v) is 4.03. The first-order chi connectivity index (χ1) is 15.2. The van der Waals surface area contributed by atoms with Gasteiger partial charge in [0, 0.05) is 5.70 Å². The Hall–Kier alpha value is -4.06. The maximum atomic E-state index is 12.8. The molecule has 6 nitrogen and oxygen atoms in total. The second kappa shape index (κ2) is 7.65. The second-order valence-electron chi connectivity index (χ2n) is 7.34. The molecule has 0 unspecified atom stereocenters. The summed E-state index contributed by atoms with van der Waals surface area (Å²) in [6.07, 6.45) is 0. The first-order valence-electron chi connectivity index (χ1n) is 10.0. The molecule has 1 aromatic heterocycles.